The van der Waals surface area contributed by atoms with E-state index in [1.54, 1.807) is 7.05 Å². The summed E-state index contributed by atoms with van der Waals surface area (Å²) in [6, 6.07) is -0.325. The van der Waals surface area contributed by atoms with Gasteiger partial charge in [0.2, 0.25) is 5.13 Å². The first-order valence-electron chi connectivity index (χ1n) is 7.00. The molecule has 0 spiro atoms. The Morgan fingerprint density at radius 2 is 2.00 bits per heavy atom. The topological polar surface area (TPSA) is 95.4 Å². The normalized spacial score (nSPS) is 17.2. The molecule has 1 heterocycles. The zero-order chi connectivity index (χ0) is 15.5. The van der Waals surface area contributed by atoms with Crippen LogP contribution >= 0.6 is 11.3 Å². The molecule has 1 aromatic rings. The number of carbonyl (C=O) groups is 2. The summed E-state index contributed by atoms with van der Waals surface area (Å²) in [5.41, 5.74) is -0.603. The molecule has 0 aromatic carbocycles. The van der Waals surface area contributed by atoms with Gasteiger partial charge in [-0.3, -0.25) is 10.1 Å². The number of amides is 2. The lowest BCUT2D eigenvalue weighted by Crippen LogP contribution is -2.53. The van der Waals surface area contributed by atoms with Crippen LogP contribution in [0.15, 0.2) is 0 Å². The number of hydrogen-bond acceptors (Lipinski definition) is 5. The van der Waals surface area contributed by atoms with E-state index in [1.165, 1.54) is 16.2 Å². The van der Waals surface area contributed by atoms with E-state index in [-0.39, 0.29) is 12.5 Å². The van der Waals surface area contributed by atoms with Gasteiger partial charge in [0, 0.05) is 7.05 Å². The maximum atomic E-state index is 12.4. The highest BCUT2D eigenvalue weighted by molar-refractivity contribution is 7.15. The van der Waals surface area contributed by atoms with E-state index in [1.807, 2.05) is 6.92 Å². The van der Waals surface area contributed by atoms with Crippen molar-refractivity contribution in [2.75, 3.05) is 12.4 Å². The minimum atomic E-state index is -0.872. The highest BCUT2D eigenvalue weighted by Crippen LogP contribution is 2.36. The highest BCUT2D eigenvalue weighted by Gasteiger charge is 2.40. The van der Waals surface area contributed by atoms with Crippen molar-refractivity contribution >= 4 is 28.5 Å². The lowest BCUT2D eigenvalue weighted by molar-refractivity contribution is -0.140. The minimum Gasteiger partial charge on any atom is -0.481 e. The number of aryl methyl sites for hydroxylation is 1. The molecule has 1 aliphatic carbocycles. The molecule has 2 amide bonds. The molecule has 2 N–H and O–H groups in total. The van der Waals surface area contributed by atoms with Crippen molar-refractivity contribution in [2.45, 2.75) is 51.0 Å². The molecule has 0 aliphatic heterocycles. The predicted molar refractivity (Wildman–Crippen MR) is 79.5 cm³/mol. The third-order valence-corrected chi connectivity index (χ3v) is 4.77. The molecule has 21 heavy (non-hydrogen) atoms. The van der Waals surface area contributed by atoms with E-state index in [0.29, 0.717) is 5.13 Å². The second-order valence-electron chi connectivity index (χ2n) is 5.47. The third kappa shape index (κ3) is 3.69. The standard InChI is InChI=1S/C13H20N4O3S/c1-9-15-16-11(21-9)14-12(20)17(2)13(8-10(18)19)6-4-3-5-7-13/h3-8H2,1-2H3,(H,18,19)(H,14,16,20). The average Bonchev–Trinajstić information content (AvgIpc) is 2.83. The Labute approximate surface area is 127 Å². The van der Waals surface area contributed by atoms with Gasteiger partial charge >= 0.3 is 12.0 Å². The van der Waals surface area contributed by atoms with Crippen molar-refractivity contribution in [3.63, 3.8) is 0 Å². The van der Waals surface area contributed by atoms with Crippen molar-refractivity contribution in [3.8, 4) is 0 Å². The monoisotopic (exact) mass is 312 g/mol. The number of anilines is 1. The Balaban J connectivity index is 2.11. The number of nitrogens with zero attached hydrogens (tertiary/aromatic N) is 3. The molecule has 7 nitrogen and oxygen atoms in total. The zero-order valence-electron chi connectivity index (χ0n) is 12.3. The summed E-state index contributed by atoms with van der Waals surface area (Å²) in [6.07, 6.45) is 4.40. The summed E-state index contributed by atoms with van der Waals surface area (Å²) in [4.78, 5) is 25.1. The number of carbonyl (C=O) groups excluding carboxylic acids is 1. The summed E-state index contributed by atoms with van der Waals surface area (Å²) >= 11 is 1.30. The number of rotatable bonds is 4. The minimum absolute atomic E-state index is 0.0218. The summed E-state index contributed by atoms with van der Waals surface area (Å²) in [6.45, 7) is 1.81. The number of carboxylic acid groups (broad SMARTS) is 1. The van der Waals surface area contributed by atoms with Gasteiger partial charge in [-0.2, -0.15) is 0 Å². The van der Waals surface area contributed by atoms with Crippen molar-refractivity contribution in [2.24, 2.45) is 0 Å². The summed E-state index contributed by atoms with van der Waals surface area (Å²) in [5, 5.41) is 20.8. The van der Waals surface area contributed by atoms with Crippen LogP contribution in [-0.2, 0) is 4.79 Å². The van der Waals surface area contributed by atoms with Crippen LogP contribution in [-0.4, -0.2) is 44.8 Å². The van der Waals surface area contributed by atoms with Crippen molar-refractivity contribution in [1.82, 2.24) is 15.1 Å². The number of aromatic nitrogens is 2. The smallest absolute Gasteiger partial charge is 0.323 e. The van der Waals surface area contributed by atoms with E-state index >= 15 is 0 Å². The molecule has 1 aromatic heterocycles. The molecule has 0 atom stereocenters. The molecule has 0 unspecified atom stereocenters. The van der Waals surface area contributed by atoms with Gasteiger partial charge in [-0.25, -0.2) is 4.79 Å². The van der Waals surface area contributed by atoms with Crippen LogP contribution in [0.4, 0.5) is 9.93 Å². The quantitative estimate of drug-likeness (QED) is 0.890. The summed E-state index contributed by atoms with van der Waals surface area (Å²) in [7, 11) is 1.66. The Morgan fingerprint density at radius 1 is 1.33 bits per heavy atom. The Bertz CT molecular complexity index is 525. The number of nitrogens with one attached hydrogen (secondary N) is 1. The van der Waals surface area contributed by atoms with Gasteiger partial charge in [-0.15, -0.1) is 10.2 Å². The molecule has 116 valence electrons. The second-order valence-corrected chi connectivity index (χ2v) is 6.65. The lowest BCUT2D eigenvalue weighted by atomic mass is 9.78. The predicted octanol–water partition coefficient (Wildman–Crippen LogP) is 2.49. The van der Waals surface area contributed by atoms with Crippen LogP contribution in [0.1, 0.15) is 43.5 Å². The number of aliphatic carboxylic acids is 1. The van der Waals surface area contributed by atoms with E-state index < -0.39 is 11.5 Å². The summed E-state index contributed by atoms with van der Waals surface area (Å²) in [5.74, 6) is -0.872. The molecule has 8 heteroatoms. The first kappa shape index (κ1) is 15.7. The average molecular weight is 312 g/mol. The van der Waals surface area contributed by atoms with Gasteiger partial charge in [0.15, 0.2) is 0 Å². The maximum Gasteiger partial charge on any atom is 0.323 e. The highest BCUT2D eigenvalue weighted by atomic mass is 32.1. The molecule has 0 radical (unpaired) electrons. The zero-order valence-corrected chi connectivity index (χ0v) is 13.1. The Morgan fingerprint density at radius 3 is 2.52 bits per heavy atom. The van der Waals surface area contributed by atoms with Gasteiger partial charge in [0.05, 0.1) is 12.0 Å². The van der Waals surface area contributed by atoms with Gasteiger partial charge in [-0.1, -0.05) is 30.6 Å². The Kier molecular flexibility index (Phi) is 4.76. The fraction of sp³-hybridized carbons (Fsp3) is 0.692. The number of hydrogen-bond donors (Lipinski definition) is 2. The fourth-order valence-electron chi connectivity index (χ4n) is 2.86. The second kappa shape index (κ2) is 6.38. The molecule has 1 aliphatic rings. The molecule has 0 bridgehead atoms. The molecular weight excluding hydrogens is 292 g/mol. The van der Waals surface area contributed by atoms with Crippen molar-refractivity contribution in [1.29, 1.82) is 0 Å². The first-order chi connectivity index (χ1) is 9.93. The largest absolute Gasteiger partial charge is 0.481 e. The fourth-order valence-corrected chi connectivity index (χ4v) is 3.44. The first-order valence-corrected chi connectivity index (χ1v) is 7.81. The van der Waals surface area contributed by atoms with Gasteiger partial charge < -0.3 is 10.0 Å². The molecule has 2 rings (SSSR count). The van der Waals surface area contributed by atoms with E-state index in [0.717, 1.165) is 37.1 Å². The number of carboxylic acids is 1. The molecule has 1 fully saturated rings. The van der Waals surface area contributed by atoms with Crippen LogP contribution < -0.4 is 5.32 Å². The Hall–Kier alpha value is -1.70. The van der Waals surface area contributed by atoms with Crippen LogP contribution in [0.3, 0.4) is 0 Å². The SMILES string of the molecule is Cc1nnc(NC(=O)N(C)C2(CC(=O)O)CCCCC2)s1. The van der Waals surface area contributed by atoms with Crippen LogP contribution in [0.25, 0.3) is 0 Å². The number of urea groups is 1. The van der Waals surface area contributed by atoms with Gasteiger partial charge in [-0.05, 0) is 19.8 Å². The molecular formula is C13H20N4O3S. The van der Waals surface area contributed by atoms with E-state index in [2.05, 4.69) is 15.5 Å². The van der Waals surface area contributed by atoms with Crippen molar-refractivity contribution < 1.29 is 14.7 Å². The molecule has 1 saturated carbocycles. The summed E-state index contributed by atoms with van der Waals surface area (Å²) < 4.78 is 0. The van der Waals surface area contributed by atoms with Crippen LogP contribution in [0.5, 0.6) is 0 Å². The van der Waals surface area contributed by atoms with Crippen LogP contribution in [0.2, 0.25) is 0 Å². The lowest BCUT2D eigenvalue weighted by Gasteiger charge is -2.43. The van der Waals surface area contributed by atoms with Gasteiger partial charge in [0.25, 0.3) is 0 Å². The van der Waals surface area contributed by atoms with E-state index in [9.17, 15) is 14.7 Å². The van der Waals surface area contributed by atoms with E-state index in [4.69, 9.17) is 0 Å². The third-order valence-electron chi connectivity index (χ3n) is 4.02. The van der Waals surface area contributed by atoms with Crippen molar-refractivity contribution in [3.05, 3.63) is 5.01 Å². The maximum absolute atomic E-state index is 12.4. The molecule has 0 saturated heterocycles. The van der Waals surface area contributed by atoms with Gasteiger partial charge in [0.1, 0.15) is 5.01 Å². The van der Waals surface area contributed by atoms with Crippen LogP contribution in [0, 0.1) is 6.92 Å².